The van der Waals surface area contributed by atoms with Crippen molar-refractivity contribution in [1.29, 1.82) is 0 Å². The van der Waals surface area contributed by atoms with Gasteiger partial charge in [0.1, 0.15) is 18.2 Å². The molecule has 0 saturated carbocycles. The van der Waals surface area contributed by atoms with Gasteiger partial charge in [0.15, 0.2) is 0 Å². The third-order valence-corrected chi connectivity index (χ3v) is 3.69. The predicted molar refractivity (Wildman–Crippen MR) is 94.0 cm³/mol. The second-order valence-corrected chi connectivity index (χ2v) is 7.08. The van der Waals surface area contributed by atoms with Gasteiger partial charge in [-0.2, -0.15) is 0 Å². The molecule has 0 aliphatic carbocycles. The lowest BCUT2D eigenvalue weighted by Crippen LogP contribution is -2.68. The van der Waals surface area contributed by atoms with E-state index in [9.17, 15) is 9.59 Å². The molecule has 1 aromatic heterocycles. The monoisotopic (exact) mass is 374 g/mol. The maximum absolute atomic E-state index is 12.3. The molecule has 2 aromatic rings. The average molecular weight is 374 g/mol. The largest absolute Gasteiger partial charge is 0.444 e. The number of rotatable bonds is 6. The van der Waals surface area contributed by atoms with Crippen LogP contribution in [0.5, 0.6) is 0 Å². The van der Waals surface area contributed by atoms with Crippen LogP contribution >= 0.6 is 0 Å². The van der Waals surface area contributed by atoms with Gasteiger partial charge < -0.3 is 14.8 Å². The van der Waals surface area contributed by atoms with Crippen molar-refractivity contribution in [3.05, 3.63) is 41.7 Å². The number of aromatic nitrogens is 4. The standard InChI is InChI=1S/C17H22N6O4/c1-17(2,3)27-16(25)18-13-9-22(15(13)24)23-14(19-20-21-23)11-26-10-12-7-5-4-6-8-12/h4-8,13H,9-11H2,1-3H3,(H,18,25)/t13-/m0/s1. The Morgan fingerprint density at radius 3 is 2.67 bits per heavy atom. The molecule has 3 rings (SSSR count). The Bertz CT molecular complexity index is 801. The zero-order valence-corrected chi connectivity index (χ0v) is 15.5. The Kier molecular flexibility index (Phi) is 5.36. The quantitative estimate of drug-likeness (QED) is 0.743. The van der Waals surface area contributed by atoms with Crippen LogP contribution in [0, 0.1) is 0 Å². The molecule has 1 saturated heterocycles. The van der Waals surface area contributed by atoms with Crippen molar-refractivity contribution < 1.29 is 19.1 Å². The number of alkyl carbamates (subject to hydrolysis) is 1. The summed E-state index contributed by atoms with van der Waals surface area (Å²) in [4.78, 5) is 25.4. The molecule has 0 radical (unpaired) electrons. The Morgan fingerprint density at radius 1 is 1.26 bits per heavy atom. The molecule has 10 heteroatoms. The number of ether oxygens (including phenoxy) is 2. The van der Waals surface area contributed by atoms with Gasteiger partial charge in [-0.3, -0.25) is 4.79 Å². The highest BCUT2D eigenvalue weighted by molar-refractivity contribution is 5.99. The third kappa shape index (κ3) is 4.79. The minimum atomic E-state index is -0.665. The van der Waals surface area contributed by atoms with Crippen molar-refractivity contribution in [1.82, 2.24) is 25.6 Å². The molecule has 1 aliphatic rings. The van der Waals surface area contributed by atoms with Crippen LogP contribution < -0.4 is 10.3 Å². The summed E-state index contributed by atoms with van der Waals surface area (Å²) in [5.41, 5.74) is 0.397. The van der Waals surface area contributed by atoms with Crippen LogP contribution in [0.1, 0.15) is 32.2 Å². The number of hydrogen-bond donors (Lipinski definition) is 1. The minimum Gasteiger partial charge on any atom is -0.444 e. The van der Waals surface area contributed by atoms with Crippen molar-refractivity contribution in [3.63, 3.8) is 0 Å². The van der Waals surface area contributed by atoms with Gasteiger partial charge in [0.05, 0.1) is 13.2 Å². The lowest BCUT2D eigenvalue weighted by atomic mass is 10.1. The SMILES string of the molecule is CC(C)(C)OC(=O)N[C@H]1CN(n2nnnc2COCc2ccccc2)C1=O. The Balaban J connectivity index is 1.51. The van der Waals surface area contributed by atoms with E-state index in [0.29, 0.717) is 12.4 Å². The maximum Gasteiger partial charge on any atom is 0.408 e. The lowest BCUT2D eigenvalue weighted by Gasteiger charge is -2.37. The number of amides is 2. The first-order valence-electron chi connectivity index (χ1n) is 8.53. The van der Waals surface area contributed by atoms with Crippen molar-refractivity contribution in [2.75, 3.05) is 11.6 Å². The molecule has 1 atom stereocenters. The molecule has 1 aliphatic heterocycles. The molecule has 1 aromatic carbocycles. The van der Waals surface area contributed by atoms with Crippen molar-refractivity contribution in [3.8, 4) is 0 Å². The third-order valence-electron chi connectivity index (χ3n) is 3.69. The predicted octanol–water partition coefficient (Wildman–Crippen LogP) is 0.761. The van der Waals surface area contributed by atoms with Gasteiger partial charge in [-0.25, -0.2) is 9.80 Å². The fourth-order valence-electron chi connectivity index (χ4n) is 2.45. The maximum atomic E-state index is 12.3. The number of nitrogens with zero attached hydrogens (tertiary/aromatic N) is 5. The minimum absolute atomic E-state index is 0.149. The van der Waals surface area contributed by atoms with Gasteiger partial charge in [0, 0.05) is 0 Å². The van der Waals surface area contributed by atoms with E-state index in [2.05, 4.69) is 20.8 Å². The van der Waals surface area contributed by atoms with Crippen LogP contribution in [0.25, 0.3) is 0 Å². The summed E-state index contributed by atoms with van der Waals surface area (Å²) in [5.74, 6) is 0.0764. The molecule has 144 valence electrons. The highest BCUT2D eigenvalue weighted by Gasteiger charge is 2.41. The smallest absolute Gasteiger partial charge is 0.408 e. The summed E-state index contributed by atoms with van der Waals surface area (Å²) in [6.07, 6.45) is -0.636. The second kappa shape index (κ2) is 7.70. The number of tetrazole rings is 1. The molecule has 10 nitrogen and oxygen atoms in total. The molecule has 0 bridgehead atoms. The molecular weight excluding hydrogens is 352 g/mol. The molecule has 0 unspecified atom stereocenters. The van der Waals surface area contributed by atoms with E-state index >= 15 is 0 Å². The summed E-state index contributed by atoms with van der Waals surface area (Å²) in [5, 5.41) is 15.2. The number of carbonyl (C=O) groups excluding carboxylic acids is 2. The summed E-state index contributed by atoms with van der Waals surface area (Å²) in [6.45, 7) is 6.06. The van der Waals surface area contributed by atoms with E-state index < -0.39 is 17.7 Å². The topological polar surface area (TPSA) is 111 Å². The van der Waals surface area contributed by atoms with Gasteiger partial charge in [-0.15, -0.1) is 9.89 Å². The normalized spacial score (nSPS) is 16.8. The first kappa shape index (κ1) is 18.8. The fourth-order valence-corrected chi connectivity index (χ4v) is 2.45. The zero-order chi connectivity index (χ0) is 19.4. The summed E-state index contributed by atoms with van der Waals surface area (Å²) < 4.78 is 10.8. The van der Waals surface area contributed by atoms with E-state index in [1.54, 1.807) is 20.8 Å². The summed E-state index contributed by atoms with van der Waals surface area (Å²) in [7, 11) is 0. The molecule has 2 heterocycles. The van der Waals surface area contributed by atoms with Gasteiger partial charge >= 0.3 is 6.09 Å². The molecular formula is C17H22N6O4. The summed E-state index contributed by atoms with van der Waals surface area (Å²) in [6, 6.07) is 9.03. The molecule has 1 fully saturated rings. The van der Waals surface area contributed by atoms with Gasteiger partial charge in [-0.1, -0.05) is 30.3 Å². The Hall–Kier alpha value is -3.01. The van der Waals surface area contributed by atoms with E-state index in [1.165, 1.54) is 9.80 Å². The highest BCUT2D eigenvalue weighted by Crippen LogP contribution is 2.13. The van der Waals surface area contributed by atoms with Crippen molar-refractivity contribution in [2.24, 2.45) is 0 Å². The number of nitrogens with one attached hydrogen (secondary N) is 1. The van der Waals surface area contributed by atoms with Crippen LogP contribution in [-0.4, -0.2) is 50.5 Å². The Labute approximate surface area is 156 Å². The first-order valence-corrected chi connectivity index (χ1v) is 8.53. The van der Waals surface area contributed by atoms with Crippen molar-refractivity contribution >= 4 is 12.0 Å². The van der Waals surface area contributed by atoms with Crippen molar-refractivity contribution in [2.45, 2.75) is 45.6 Å². The fraction of sp³-hybridized carbons (Fsp3) is 0.471. The zero-order valence-electron chi connectivity index (χ0n) is 15.5. The van der Waals surface area contributed by atoms with Gasteiger partial charge in [0.2, 0.25) is 5.82 Å². The number of carbonyl (C=O) groups is 2. The van der Waals surface area contributed by atoms with E-state index in [1.807, 2.05) is 30.3 Å². The van der Waals surface area contributed by atoms with Crippen LogP contribution in [-0.2, 0) is 27.5 Å². The van der Waals surface area contributed by atoms with Crippen LogP contribution in [0.15, 0.2) is 30.3 Å². The van der Waals surface area contributed by atoms with Crippen LogP contribution in [0.2, 0.25) is 0 Å². The van der Waals surface area contributed by atoms with E-state index in [0.717, 1.165) is 5.56 Å². The van der Waals surface area contributed by atoms with Gasteiger partial charge in [0.25, 0.3) is 5.91 Å². The summed E-state index contributed by atoms with van der Waals surface area (Å²) >= 11 is 0. The Morgan fingerprint density at radius 2 is 2.00 bits per heavy atom. The molecule has 2 amide bonds. The lowest BCUT2D eigenvalue weighted by molar-refractivity contribution is -0.127. The van der Waals surface area contributed by atoms with E-state index in [4.69, 9.17) is 9.47 Å². The average Bonchev–Trinajstić information content (AvgIpc) is 3.05. The number of β-lactam (4-membered cyclic amide) rings is 1. The highest BCUT2D eigenvalue weighted by atomic mass is 16.6. The first-order chi connectivity index (χ1) is 12.8. The van der Waals surface area contributed by atoms with Gasteiger partial charge in [-0.05, 0) is 36.8 Å². The van der Waals surface area contributed by atoms with E-state index in [-0.39, 0.29) is 19.1 Å². The second-order valence-electron chi connectivity index (χ2n) is 7.08. The number of hydrogen-bond acceptors (Lipinski definition) is 7. The van der Waals surface area contributed by atoms with Crippen LogP contribution in [0.4, 0.5) is 4.79 Å². The molecule has 0 spiro atoms. The molecule has 1 N–H and O–H groups in total. The molecule has 27 heavy (non-hydrogen) atoms. The number of benzene rings is 1. The van der Waals surface area contributed by atoms with Crippen LogP contribution in [0.3, 0.4) is 0 Å².